The van der Waals surface area contributed by atoms with Crippen LogP contribution < -0.4 is 25.9 Å². The Hall–Kier alpha value is -4.12. The number of nitrogens with zero attached hydrogens (tertiary/aromatic N) is 2. The third kappa shape index (κ3) is 6.68. The number of amides is 1. The number of hydrazone groups is 1. The van der Waals surface area contributed by atoms with Gasteiger partial charge in [-0.05, 0) is 42.8 Å². The first kappa shape index (κ1) is 23.5. The van der Waals surface area contributed by atoms with Gasteiger partial charge >= 0.3 is 5.97 Å². The number of anilines is 3. The van der Waals surface area contributed by atoms with Crippen molar-refractivity contribution in [3.05, 3.63) is 59.0 Å². The second-order valence-corrected chi connectivity index (χ2v) is 7.32. The number of nitrogen functional groups attached to an aromatic ring is 1. The monoisotopic (exact) mass is 469 g/mol. The lowest BCUT2D eigenvalue weighted by Gasteiger charge is -2.13. The van der Waals surface area contributed by atoms with Gasteiger partial charge in [0.15, 0.2) is 18.1 Å². The fourth-order valence-electron chi connectivity index (χ4n) is 2.70. The summed E-state index contributed by atoms with van der Waals surface area (Å²) in [6.07, 6.45) is 1.60. The summed E-state index contributed by atoms with van der Waals surface area (Å²) in [6, 6.07) is 11.7. The first-order valence-electron chi connectivity index (χ1n) is 9.87. The Morgan fingerprint density at radius 2 is 2.00 bits per heavy atom. The van der Waals surface area contributed by atoms with Crippen molar-refractivity contribution in [3.8, 4) is 11.5 Å². The van der Waals surface area contributed by atoms with Crippen molar-refractivity contribution in [2.75, 3.05) is 36.8 Å². The molecule has 0 saturated carbocycles. The predicted molar refractivity (Wildman–Crippen MR) is 127 cm³/mol. The highest BCUT2D eigenvalue weighted by Crippen LogP contribution is 2.28. The molecule has 0 bridgehead atoms. The molecule has 4 N–H and O–H groups in total. The molecule has 0 aliphatic heterocycles. The van der Waals surface area contributed by atoms with Gasteiger partial charge in [0.25, 0.3) is 5.91 Å². The fourth-order valence-corrected chi connectivity index (χ4v) is 3.25. The smallest absolute Gasteiger partial charge is 0.339 e. The van der Waals surface area contributed by atoms with Crippen LogP contribution >= 0.6 is 11.3 Å². The Balaban J connectivity index is 1.63. The maximum absolute atomic E-state index is 12.4. The molecule has 33 heavy (non-hydrogen) atoms. The molecule has 0 aliphatic rings. The SMILES string of the molecule is CCOc1cc(C=NNc2nc(N)cs2)ccc1OCC(=O)Nc1ccccc1C(=O)OC. The molecule has 3 aromatic rings. The highest BCUT2D eigenvalue weighted by Gasteiger charge is 2.14. The molecule has 0 saturated heterocycles. The number of methoxy groups -OCH3 is 1. The lowest BCUT2D eigenvalue weighted by Crippen LogP contribution is -2.22. The lowest BCUT2D eigenvalue weighted by molar-refractivity contribution is -0.118. The molecule has 11 heteroatoms. The zero-order valence-electron chi connectivity index (χ0n) is 18.0. The minimum atomic E-state index is -0.546. The molecular weight excluding hydrogens is 446 g/mol. The molecule has 1 heterocycles. The lowest BCUT2D eigenvalue weighted by atomic mass is 10.2. The Labute approximate surface area is 194 Å². The van der Waals surface area contributed by atoms with Crippen LogP contribution in [0.4, 0.5) is 16.6 Å². The summed E-state index contributed by atoms with van der Waals surface area (Å²) >= 11 is 1.34. The molecule has 0 fully saturated rings. The largest absolute Gasteiger partial charge is 0.490 e. The van der Waals surface area contributed by atoms with Gasteiger partial charge in [0, 0.05) is 5.38 Å². The van der Waals surface area contributed by atoms with Gasteiger partial charge in [0.1, 0.15) is 5.82 Å². The Kier molecular flexibility index (Phi) is 8.19. The number of ether oxygens (including phenoxy) is 3. The molecule has 0 unspecified atom stereocenters. The van der Waals surface area contributed by atoms with E-state index >= 15 is 0 Å². The van der Waals surface area contributed by atoms with Gasteiger partial charge in [-0.2, -0.15) is 5.10 Å². The fraction of sp³-hybridized carbons (Fsp3) is 0.182. The topological polar surface area (TPSA) is 137 Å². The number of nitrogens with two attached hydrogens (primary N) is 1. The number of hydrogen-bond acceptors (Lipinski definition) is 10. The number of hydrogen-bond donors (Lipinski definition) is 3. The average molecular weight is 470 g/mol. The van der Waals surface area contributed by atoms with Crippen LogP contribution in [0.1, 0.15) is 22.8 Å². The van der Waals surface area contributed by atoms with E-state index in [0.717, 1.165) is 5.56 Å². The summed E-state index contributed by atoms with van der Waals surface area (Å²) in [5, 5.41) is 9.07. The third-order valence-corrected chi connectivity index (χ3v) is 4.89. The van der Waals surface area contributed by atoms with E-state index in [2.05, 4.69) is 20.8 Å². The summed E-state index contributed by atoms with van der Waals surface area (Å²) in [5.74, 6) is 0.298. The van der Waals surface area contributed by atoms with E-state index in [1.165, 1.54) is 18.4 Å². The zero-order chi connectivity index (χ0) is 23.6. The number of nitrogens with one attached hydrogen (secondary N) is 2. The van der Waals surface area contributed by atoms with Gasteiger partial charge < -0.3 is 25.3 Å². The van der Waals surface area contributed by atoms with E-state index in [0.29, 0.717) is 34.7 Å². The van der Waals surface area contributed by atoms with Crippen LogP contribution in [0, 0.1) is 0 Å². The van der Waals surface area contributed by atoms with Crippen molar-refractivity contribution in [2.45, 2.75) is 6.92 Å². The number of rotatable bonds is 10. The van der Waals surface area contributed by atoms with Crippen LogP contribution in [-0.2, 0) is 9.53 Å². The normalized spacial score (nSPS) is 10.6. The van der Waals surface area contributed by atoms with E-state index in [1.807, 2.05) is 6.92 Å². The van der Waals surface area contributed by atoms with Crippen molar-refractivity contribution in [1.82, 2.24) is 4.98 Å². The molecule has 172 valence electrons. The molecule has 2 aromatic carbocycles. The van der Waals surface area contributed by atoms with E-state index in [9.17, 15) is 9.59 Å². The number of carbonyl (C=O) groups is 2. The second kappa shape index (κ2) is 11.5. The van der Waals surface area contributed by atoms with Crippen molar-refractivity contribution in [2.24, 2.45) is 5.10 Å². The summed E-state index contributed by atoms with van der Waals surface area (Å²) in [6.45, 7) is 1.97. The minimum Gasteiger partial charge on any atom is -0.490 e. The molecule has 3 rings (SSSR count). The first-order chi connectivity index (χ1) is 16.0. The predicted octanol–water partition coefficient (Wildman–Crippen LogP) is 3.37. The Morgan fingerprint density at radius 3 is 2.73 bits per heavy atom. The number of esters is 1. The Bertz CT molecular complexity index is 1150. The third-order valence-electron chi connectivity index (χ3n) is 4.13. The van der Waals surface area contributed by atoms with Crippen LogP contribution in [0.2, 0.25) is 0 Å². The molecule has 0 aliphatic carbocycles. The summed E-state index contributed by atoms with van der Waals surface area (Å²) < 4.78 is 16.0. The summed E-state index contributed by atoms with van der Waals surface area (Å²) in [5.41, 5.74) is 9.72. The maximum Gasteiger partial charge on any atom is 0.339 e. The van der Waals surface area contributed by atoms with Gasteiger partial charge in [-0.1, -0.05) is 12.1 Å². The van der Waals surface area contributed by atoms with Crippen LogP contribution in [0.5, 0.6) is 11.5 Å². The summed E-state index contributed by atoms with van der Waals surface area (Å²) in [7, 11) is 1.28. The van der Waals surface area contributed by atoms with Crippen molar-refractivity contribution in [1.29, 1.82) is 0 Å². The second-order valence-electron chi connectivity index (χ2n) is 6.46. The zero-order valence-corrected chi connectivity index (χ0v) is 18.8. The molecule has 10 nitrogen and oxygen atoms in total. The number of aromatic nitrogens is 1. The van der Waals surface area contributed by atoms with E-state index < -0.39 is 11.9 Å². The number of benzene rings is 2. The summed E-state index contributed by atoms with van der Waals surface area (Å²) in [4.78, 5) is 28.3. The van der Waals surface area contributed by atoms with Crippen LogP contribution in [0.25, 0.3) is 0 Å². The van der Waals surface area contributed by atoms with E-state index in [4.69, 9.17) is 19.9 Å². The van der Waals surface area contributed by atoms with Crippen molar-refractivity contribution >= 4 is 46.1 Å². The highest BCUT2D eigenvalue weighted by atomic mass is 32.1. The molecule has 1 amide bonds. The van der Waals surface area contributed by atoms with E-state index in [-0.39, 0.29) is 12.2 Å². The number of carbonyl (C=O) groups excluding carboxylic acids is 2. The van der Waals surface area contributed by atoms with Crippen LogP contribution in [-0.4, -0.2) is 43.4 Å². The van der Waals surface area contributed by atoms with Gasteiger partial charge in [0.05, 0.1) is 31.2 Å². The molecule has 0 radical (unpaired) electrons. The number of para-hydroxylation sites is 1. The Morgan fingerprint density at radius 1 is 1.18 bits per heavy atom. The quantitative estimate of drug-likeness (QED) is 0.233. The maximum atomic E-state index is 12.4. The molecular formula is C22H23N5O5S. The van der Waals surface area contributed by atoms with Crippen molar-refractivity contribution < 1.29 is 23.8 Å². The minimum absolute atomic E-state index is 0.251. The highest BCUT2D eigenvalue weighted by molar-refractivity contribution is 7.14. The van der Waals surface area contributed by atoms with Crippen LogP contribution in [0.15, 0.2) is 52.9 Å². The van der Waals surface area contributed by atoms with Crippen LogP contribution in [0.3, 0.4) is 0 Å². The van der Waals surface area contributed by atoms with Gasteiger partial charge in [-0.3, -0.25) is 10.2 Å². The van der Waals surface area contributed by atoms with Gasteiger partial charge in [-0.15, -0.1) is 11.3 Å². The molecule has 0 spiro atoms. The average Bonchev–Trinajstić information content (AvgIpc) is 3.23. The van der Waals surface area contributed by atoms with Gasteiger partial charge in [0.2, 0.25) is 5.13 Å². The first-order valence-corrected chi connectivity index (χ1v) is 10.7. The standard InChI is InChI=1S/C22H23N5O5S/c1-3-31-18-10-14(11-24-27-22-26-19(23)13-33-22)8-9-17(18)32-12-20(28)25-16-7-5-4-6-15(16)21(29)30-2/h4-11,13H,3,12,23H2,1-2H3,(H,25,28)(H,26,27). The van der Waals surface area contributed by atoms with Gasteiger partial charge in [-0.25, -0.2) is 9.78 Å². The van der Waals surface area contributed by atoms with E-state index in [1.54, 1.807) is 54.1 Å². The number of thiazole rings is 1. The molecule has 1 aromatic heterocycles. The van der Waals surface area contributed by atoms with Crippen molar-refractivity contribution in [3.63, 3.8) is 0 Å². The molecule has 0 atom stereocenters.